The van der Waals surface area contributed by atoms with E-state index in [2.05, 4.69) is 49.0 Å². The number of anilines is 2. The molecule has 0 spiro atoms. The normalized spacial score (nSPS) is 14.1. The molecule has 1 aromatic carbocycles. The Morgan fingerprint density at radius 2 is 1.80 bits per heavy atom. The van der Waals surface area contributed by atoms with Crippen LogP contribution >= 0.6 is 11.3 Å². The number of nitrogens with one attached hydrogen (secondary N) is 1. The lowest BCUT2D eigenvalue weighted by atomic mass is 9.93. The fraction of sp³-hybridized carbons (Fsp3) is 0.375. The Kier molecular flexibility index (Phi) is 5.86. The second-order valence-electron chi connectivity index (χ2n) is 8.08. The van der Waals surface area contributed by atoms with Crippen molar-refractivity contribution < 1.29 is 4.79 Å². The number of thiazole rings is 1. The van der Waals surface area contributed by atoms with Gasteiger partial charge in [0.05, 0.1) is 5.69 Å². The van der Waals surface area contributed by atoms with Crippen molar-refractivity contribution in [3.8, 4) is 11.3 Å². The molecule has 0 atom stereocenters. The summed E-state index contributed by atoms with van der Waals surface area (Å²) < 4.78 is 0. The van der Waals surface area contributed by atoms with Gasteiger partial charge in [0.25, 0.3) is 5.91 Å². The molecular weight excluding hydrogens is 392 g/mol. The smallest absolute Gasteiger partial charge is 0.257 e. The Hall–Kier alpha value is -2.73. The van der Waals surface area contributed by atoms with Crippen LogP contribution in [0.5, 0.6) is 0 Å². The van der Waals surface area contributed by atoms with E-state index >= 15 is 0 Å². The Morgan fingerprint density at radius 1 is 1.03 bits per heavy atom. The molecule has 0 unspecified atom stereocenters. The highest BCUT2D eigenvalue weighted by molar-refractivity contribution is 7.14. The fourth-order valence-corrected chi connectivity index (χ4v) is 4.85. The molecule has 1 fully saturated rings. The van der Waals surface area contributed by atoms with Gasteiger partial charge in [-0.05, 0) is 81.3 Å². The summed E-state index contributed by atoms with van der Waals surface area (Å²) in [4.78, 5) is 24.3. The van der Waals surface area contributed by atoms with E-state index < -0.39 is 0 Å². The average molecular weight is 421 g/mol. The molecule has 0 saturated carbocycles. The predicted octanol–water partition coefficient (Wildman–Crippen LogP) is 5.68. The number of carbonyl (C=O) groups excluding carboxylic acids is 1. The number of aromatic nitrogens is 2. The Bertz CT molecular complexity index is 1080. The quantitative estimate of drug-likeness (QED) is 0.590. The van der Waals surface area contributed by atoms with E-state index in [4.69, 9.17) is 4.98 Å². The standard InChI is InChI=1S/C24H28N4OS/c1-15-12-16(2)22(18(4)17(15)3)20-14-30-24(26-20)27-23(29)19-8-9-25-21(13-19)28-10-6-5-7-11-28/h8-9,12-14H,5-7,10-11H2,1-4H3,(H,26,27,29). The highest BCUT2D eigenvalue weighted by Crippen LogP contribution is 2.33. The number of nitrogens with zero attached hydrogens (tertiary/aromatic N) is 3. The van der Waals surface area contributed by atoms with Crippen LogP contribution in [-0.2, 0) is 0 Å². The summed E-state index contributed by atoms with van der Waals surface area (Å²) >= 11 is 1.46. The summed E-state index contributed by atoms with van der Waals surface area (Å²) in [5, 5.41) is 5.60. The summed E-state index contributed by atoms with van der Waals surface area (Å²) in [6.07, 6.45) is 5.34. The monoisotopic (exact) mass is 420 g/mol. The number of piperidine rings is 1. The minimum absolute atomic E-state index is 0.148. The van der Waals surface area contributed by atoms with Crippen LogP contribution in [0.25, 0.3) is 11.3 Å². The zero-order valence-corrected chi connectivity index (χ0v) is 18.9. The average Bonchev–Trinajstić information content (AvgIpc) is 3.20. The first-order valence-corrected chi connectivity index (χ1v) is 11.4. The van der Waals surface area contributed by atoms with Crippen LogP contribution < -0.4 is 10.2 Å². The molecule has 1 N–H and O–H groups in total. The van der Waals surface area contributed by atoms with Gasteiger partial charge in [0, 0.05) is 35.8 Å². The number of carbonyl (C=O) groups is 1. The zero-order valence-electron chi connectivity index (χ0n) is 18.1. The van der Waals surface area contributed by atoms with Gasteiger partial charge in [-0.25, -0.2) is 9.97 Å². The topological polar surface area (TPSA) is 58.1 Å². The van der Waals surface area contributed by atoms with E-state index in [9.17, 15) is 4.79 Å². The van der Waals surface area contributed by atoms with Gasteiger partial charge in [-0.1, -0.05) is 6.07 Å². The first kappa shape index (κ1) is 20.5. The fourth-order valence-electron chi connectivity index (χ4n) is 4.15. The van der Waals surface area contributed by atoms with Gasteiger partial charge in [0.15, 0.2) is 5.13 Å². The van der Waals surface area contributed by atoms with E-state index in [0.29, 0.717) is 10.7 Å². The third-order valence-corrected chi connectivity index (χ3v) is 6.78. The molecule has 1 amide bonds. The summed E-state index contributed by atoms with van der Waals surface area (Å²) in [5.74, 6) is 0.730. The van der Waals surface area contributed by atoms with Crippen molar-refractivity contribution in [2.75, 3.05) is 23.3 Å². The molecule has 1 aliphatic heterocycles. The molecule has 156 valence electrons. The van der Waals surface area contributed by atoms with Gasteiger partial charge in [-0.3, -0.25) is 10.1 Å². The second kappa shape index (κ2) is 8.56. The van der Waals surface area contributed by atoms with Crippen LogP contribution in [0.4, 0.5) is 10.9 Å². The summed E-state index contributed by atoms with van der Waals surface area (Å²) in [6.45, 7) is 10.5. The number of hydrogen-bond acceptors (Lipinski definition) is 5. The molecule has 0 aliphatic carbocycles. The van der Waals surface area contributed by atoms with Crippen molar-refractivity contribution in [1.82, 2.24) is 9.97 Å². The van der Waals surface area contributed by atoms with Crippen molar-refractivity contribution in [2.45, 2.75) is 47.0 Å². The third-order valence-electron chi connectivity index (χ3n) is 6.02. The van der Waals surface area contributed by atoms with Crippen LogP contribution in [0.1, 0.15) is 51.9 Å². The number of rotatable bonds is 4. The van der Waals surface area contributed by atoms with E-state index in [1.165, 1.54) is 52.9 Å². The number of aryl methyl sites for hydroxylation is 2. The minimum Gasteiger partial charge on any atom is -0.357 e. The molecule has 30 heavy (non-hydrogen) atoms. The molecule has 0 radical (unpaired) electrons. The van der Waals surface area contributed by atoms with Crippen molar-refractivity contribution >= 4 is 28.2 Å². The van der Waals surface area contributed by atoms with Gasteiger partial charge >= 0.3 is 0 Å². The third kappa shape index (κ3) is 4.10. The summed E-state index contributed by atoms with van der Waals surface area (Å²) in [7, 11) is 0. The molecule has 1 saturated heterocycles. The number of benzene rings is 1. The van der Waals surface area contributed by atoms with E-state index in [1.807, 2.05) is 11.4 Å². The first-order valence-electron chi connectivity index (χ1n) is 10.5. The maximum absolute atomic E-state index is 12.8. The maximum atomic E-state index is 12.8. The van der Waals surface area contributed by atoms with Gasteiger partial charge in [0.2, 0.25) is 0 Å². The molecule has 5 nitrogen and oxygen atoms in total. The van der Waals surface area contributed by atoms with Crippen LogP contribution in [0.3, 0.4) is 0 Å². The molecule has 4 rings (SSSR count). The van der Waals surface area contributed by atoms with Crippen LogP contribution in [-0.4, -0.2) is 29.0 Å². The minimum atomic E-state index is -0.148. The number of pyridine rings is 1. The summed E-state index contributed by atoms with van der Waals surface area (Å²) in [6, 6.07) is 5.84. The molecule has 3 aromatic rings. The van der Waals surface area contributed by atoms with Crippen molar-refractivity contribution in [3.05, 3.63) is 57.6 Å². The maximum Gasteiger partial charge on any atom is 0.257 e. The zero-order chi connectivity index (χ0) is 21.3. The van der Waals surface area contributed by atoms with Gasteiger partial charge in [-0.2, -0.15) is 0 Å². The van der Waals surface area contributed by atoms with E-state index in [1.54, 1.807) is 12.3 Å². The van der Waals surface area contributed by atoms with Crippen LogP contribution in [0.2, 0.25) is 0 Å². The molecule has 3 heterocycles. The molecule has 0 bridgehead atoms. The van der Waals surface area contributed by atoms with Crippen LogP contribution in [0.15, 0.2) is 29.8 Å². The number of hydrogen-bond donors (Lipinski definition) is 1. The lowest BCUT2D eigenvalue weighted by molar-refractivity contribution is 0.102. The Balaban J connectivity index is 1.53. The Morgan fingerprint density at radius 3 is 2.57 bits per heavy atom. The van der Waals surface area contributed by atoms with Crippen molar-refractivity contribution in [1.29, 1.82) is 0 Å². The van der Waals surface area contributed by atoms with E-state index in [-0.39, 0.29) is 5.91 Å². The highest BCUT2D eigenvalue weighted by Gasteiger charge is 2.17. The predicted molar refractivity (Wildman–Crippen MR) is 125 cm³/mol. The van der Waals surface area contributed by atoms with Gasteiger partial charge < -0.3 is 4.90 Å². The van der Waals surface area contributed by atoms with Gasteiger partial charge in [-0.15, -0.1) is 11.3 Å². The lowest BCUT2D eigenvalue weighted by Crippen LogP contribution is -2.30. The second-order valence-corrected chi connectivity index (χ2v) is 8.94. The largest absolute Gasteiger partial charge is 0.357 e. The lowest BCUT2D eigenvalue weighted by Gasteiger charge is -2.27. The molecule has 2 aromatic heterocycles. The molecule has 1 aliphatic rings. The van der Waals surface area contributed by atoms with Crippen molar-refractivity contribution in [3.63, 3.8) is 0 Å². The van der Waals surface area contributed by atoms with Crippen LogP contribution in [0, 0.1) is 27.7 Å². The number of amides is 1. The van der Waals surface area contributed by atoms with Crippen molar-refractivity contribution in [2.24, 2.45) is 0 Å². The van der Waals surface area contributed by atoms with E-state index in [0.717, 1.165) is 30.2 Å². The van der Waals surface area contributed by atoms with Gasteiger partial charge in [0.1, 0.15) is 5.82 Å². The SMILES string of the molecule is Cc1cc(C)c(-c2csc(NC(=O)c3ccnc(N4CCCCC4)c3)n2)c(C)c1C. The molecule has 6 heteroatoms. The summed E-state index contributed by atoms with van der Waals surface area (Å²) in [5.41, 5.74) is 7.72. The highest BCUT2D eigenvalue weighted by atomic mass is 32.1. The molecular formula is C24H28N4OS. The Labute approximate surface area is 182 Å². The first-order chi connectivity index (χ1) is 14.4.